The highest BCUT2D eigenvalue weighted by Crippen LogP contribution is 2.38. The Morgan fingerprint density at radius 1 is 1.36 bits per heavy atom. The fourth-order valence-electron chi connectivity index (χ4n) is 5.55. The van der Waals surface area contributed by atoms with Crippen molar-refractivity contribution >= 4 is 49.6 Å². The normalized spacial score (nSPS) is 26.5. The number of nitrogens with one attached hydrogen (secondary N) is 2. The second-order valence-electron chi connectivity index (χ2n) is 9.31. The molecule has 8 nitrogen and oxygen atoms in total. The van der Waals surface area contributed by atoms with Crippen molar-refractivity contribution in [1.82, 2.24) is 20.6 Å². The van der Waals surface area contributed by atoms with Crippen molar-refractivity contribution in [2.45, 2.75) is 50.3 Å². The van der Waals surface area contributed by atoms with Gasteiger partial charge < -0.3 is 26.0 Å². The number of nitrogen functional groups attached to an aromatic ring is 1. The Hall–Kier alpha value is -2.27. The molecule has 2 aliphatic heterocycles. The van der Waals surface area contributed by atoms with E-state index in [1.165, 1.54) is 16.9 Å². The standard InChI is InChI=1S/C23H28N6O2S2/c1-12-26-22-20(32-12)18(24)19(33-22)21(30)27-14-4-5-15-13(9-14)3-6-17(28-15)29-10-16-23(11-29,31-2)7-8-25-16/h3,6,14,16,25H,4-5,7-11,24H2,1-2H3,(H,27,30). The topological polar surface area (TPSA) is 105 Å². The number of carbonyl (C=O) groups excluding carboxylic acids is 1. The second-order valence-corrected chi connectivity index (χ2v) is 11.5. The molecule has 2 fully saturated rings. The molecule has 10 heteroatoms. The molecular weight excluding hydrogens is 456 g/mol. The van der Waals surface area contributed by atoms with Gasteiger partial charge in [-0.25, -0.2) is 9.97 Å². The average Bonchev–Trinajstić information content (AvgIpc) is 3.53. The summed E-state index contributed by atoms with van der Waals surface area (Å²) in [5.74, 6) is 0.928. The molecule has 5 heterocycles. The second kappa shape index (κ2) is 7.90. The molecule has 3 aliphatic rings. The van der Waals surface area contributed by atoms with E-state index in [0.717, 1.165) is 71.4 Å². The van der Waals surface area contributed by atoms with Gasteiger partial charge in [-0.2, -0.15) is 0 Å². The lowest BCUT2D eigenvalue weighted by Gasteiger charge is -2.28. The number of hydrogen-bond donors (Lipinski definition) is 3. The van der Waals surface area contributed by atoms with Crippen molar-refractivity contribution in [3.63, 3.8) is 0 Å². The lowest BCUT2D eigenvalue weighted by atomic mass is 9.91. The van der Waals surface area contributed by atoms with Crippen LogP contribution in [0.2, 0.25) is 0 Å². The molecule has 3 atom stereocenters. The third-order valence-corrected chi connectivity index (χ3v) is 9.58. The number of amides is 1. The number of thiophene rings is 1. The van der Waals surface area contributed by atoms with E-state index in [9.17, 15) is 4.79 Å². The van der Waals surface area contributed by atoms with Crippen LogP contribution in [0.3, 0.4) is 0 Å². The van der Waals surface area contributed by atoms with Gasteiger partial charge >= 0.3 is 0 Å². The lowest BCUT2D eigenvalue weighted by Crippen LogP contribution is -2.42. The number of rotatable bonds is 4. The highest BCUT2D eigenvalue weighted by atomic mass is 32.1. The van der Waals surface area contributed by atoms with Gasteiger partial charge in [0.05, 0.1) is 28.0 Å². The Morgan fingerprint density at radius 3 is 3.03 bits per heavy atom. The molecule has 0 saturated carbocycles. The monoisotopic (exact) mass is 484 g/mol. The molecule has 4 N–H and O–H groups in total. The summed E-state index contributed by atoms with van der Waals surface area (Å²) < 4.78 is 6.84. The number of aryl methyl sites for hydroxylation is 2. The summed E-state index contributed by atoms with van der Waals surface area (Å²) in [5, 5.41) is 7.74. The van der Waals surface area contributed by atoms with Crippen LogP contribution >= 0.6 is 22.7 Å². The maximum atomic E-state index is 12.9. The third kappa shape index (κ3) is 3.51. The number of nitrogens with zero attached hydrogens (tertiary/aromatic N) is 3. The van der Waals surface area contributed by atoms with E-state index in [1.54, 1.807) is 11.3 Å². The first-order chi connectivity index (χ1) is 16.0. The summed E-state index contributed by atoms with van der Waals surface area (Å²) in [5.41, 5.74) is 9.07. The van der Waals surface area contributed by atoms with Crippen molar-refractivity contribution in [1.29, 1.82) is 0 Å². The quantitative estimate of drug-likeness (QED) is 0.523. The van der Waals surface area contributed by atoms with E-state index >= 15 is 0 Å². The number of thiazole rings is 1. The van der Waals surface area contributed by atoms with E-state index in [2.05, 4.69) is 32.7 Å². The minimum atomic E-state index is -0.0979. The molecule has 0 radical (unpaired) electrons. The van der Waals surface area contributed by atoms with Crippen LogP contribution in [0.5, 0.6) is 0 Å². The number of methoxy groups -OCH3 is 1. The Balaban J connectivity index is 1.14. The zero-order chi connectivity index (χ0) is 22.7. The molecular formula is C23H28N6O2S2. The van der Waals surface area contributed by atoms with Gasteiger partial charge in [-0.3, -0.25) is 4.79 Å². The van der Waals surface area contributed by atoms with Gasteiger partial charge in [-0.15, -0.1) is 22.7 Å². The molecule has 0 spiro atoms. The summed E-state index contributed by atoms with van der Waals surface area (Å²) in [6.45, 7) is 4.77. The molecule has 33 heavy (non-hydrogen) atoms. The van der Waals surface area contributed by atoms with Gasteiger partial charge in [0.1, 0.15) is 21.1 Å². The lowest BCUT2D eigenvalue weighted by molar-refractivity contribution is 0.00766. The van der Waals surface area contributed by atoms with E-state index in [1.807, 2.05) is 14.0 Å². The first-order valence-electron chi connectivity index (χ1n) is 11.4. The van der Waals surface area contributed by atoms with Gasteiger partial charge in [0.2, 0.25) is 0 Å². The molecule has 1 amide bonds. The first kappa shape index (κ1) is 21.3. The number of anilines is 2. The molecule has 0 bridgehead atoms. The van der Waals surface area contributed by atoms with Gasteiger partial charge in [0.15, 0.2) is 0 Å². The summed E-state index contributed by atoms with van der Waals surface area (Å²) in [6.07, 6.45) is 3.56. The molecule has 0 aromatic carbocycles. The van der Waals surface area contributed by atoms with Crippen LogP contribution in [0.1, 0.15) is 38.8 Å². The summed E-state index contributed by atoms with van der Waals surface area (Å²) in [6, 6.07) is 4.74. The van der Waals surface area contributed by atoms with Gasteiger partial charge in [-0.05, 0) is 50.8 Å². The summed E-state index contributed by atoms with van der Waals surface area (Å²) >= 11 is 2.92. The Kier molecular flexibility index (Phi) is 5.09. The predicted molar refractivity (Wildman–Crippen MR) is 133 cm³/mol. The number of pyridine rings is 1. The molecule has 6 rings (SSSR count). The summed E-state index contributed by atoms with van der Waals surface area (Å²) in [7, 11) is 1.82. The maximum absolute atomic E-state index is 12.9. The molecule has 3 aromatic heterocycles. The van der Waals surface area contributed by atoms with Crippen molar-refractivity contribution in [2.24, 2.45) is 0 Å². The predicted octanol–water partition coefficient (Wildman–Crippen LogP) is 2.50. The number of ether oxygens (including phenoxy) is 1. The zero-order valence-electron chi connectivity index (χ0n) is 18.8. The number of nitrogens with two attached hydrogens (primary N) is 1. The number of fused-ring (bicyclic) bond motifs is 3. The van der Waals surface area contributed by atoms with E-state index in [4.69, 9.17) is 15.5 Å². The Morgan fingerprint density at radius 2 is 2.24 bits per heavy atom. The number of aromatic nitrogens is 2. The van der Waals surface area contributed by atoms with Crippen molar-refractivity contribution in [3.05, 3.63) is 33.3 Å². The van der Waals surface area contributed by atoms with E-state index in [-0.39, 0.29) is 17.6 Å². The third-order valence-electron chi connectivity index (χ3n) is 7.35. The minimum Gasteiger partial charge on any atom is -0.396 e. The van der Waals surface area contributed by atoms with Crippen LogP contribution in [0.15, 0.2) is 12.1 Å². The fourth-order valence-corrected chi connectivity index (χ4v) is 7.64. The van der Waals surface area contributed by atoms with Crippen LogP contribution < -0.4 is 21.3 Å². The Labute approximate surface area is 200 Å². The molecule has 174 valence electrons. The SMILES string of the molecule is COC12CCNC1CN(c1ccc3c(n1)CCC(NC(=O)c1sc4nc(C)sc4c1N)C3)C2. The smallest absolute Gasteiger partial charge is 0.263 e. The average molecular weight is 485 g/mol. The van der Waals surface area contributed by atoms with Crippen LogP contribution in [0, 0.1) is 6.92 Å². The molecule has 1 aliphatic carbocycles. The molecule has 2 saturated heterocycles. The van der Waals surface area contributed by atoms with Crippen molar-refractivity contribution in [2.75, 3.05) is 37.4 Å². The highest BCUT2D eigenvalue weighted by molar-refractivity contribution is 7.29. The van der Waals surface area contributed by atoms with Gasteiger partial charge in [-0.1, -0.05) is 6.07 Å². The minimum absolute atomic E-state index is 0.0824. The van der Waals surface area contributed by atoms with Crippen LogP contribution in [0.4, 0.5) is 11.5 Å². The maximum Gasteiger partial charge on any atom is 0.263 e. The largest absolute Gasteiger partial charge is 0.396 e. The van der Waals surface area contributed by atoms with Crippen LogP contribution in [-0.4, -0.2) is 60.3 Å². The first-order valence-corrected chi connectivity index (χ1v) is 13.1. The van der Waals surface area contributed by atoms with Crippen LogP contribution in [-0.2, 0) is 17.6 Å². The highest BCUT2D eigenvalue weighted by Gasteiger charge is 2.50. The van der Waals surface area contributed by atoms with E-state index in [0.29, 0.717) is 16.6 Å². The van der Waals surface area contributed by atoms with Crippen molar-refractivity contribution < 1.29 is 9.53 Å². The van der Waals surface area contributed by atoms with Gasteiger partial charge in [0, 0.05) is 25.4 Å². The molecule has 3 unspecified atom stereocenters. The molecule has 3 aromatic rings. The Bertz CT molecular complexity index is 1240. The van der Waals surface area contributed by atoms with Gasteiger partial charge in [0.25, 0.3) is 5.91 Å². The van der Waals surface area contributed by atoms with E-state index < -0.39 is 0 Å². The zero-order valence-corrected chi connectivity index (χ0v) is 20.4. The number of hydrogen-bond acceptors (Lipinski definition) is 9. The fraction of sp³-hybridized carbons (Fsp3) is 0.522. The van der Waals surface area contributed by atoms with Crippen molar-refractivity contribution in [3.8, 4) is 0 Å². The van der Waals surface area contributed by atoms with Crippen LogP contribution in [0.25, 0.3) is 9.53 Å². The number of carbonyl (C=O) groups is 1. The summed E-state index contributed by atoms with van der Waals surface area (Å²) in [4.78, 5) is 26.2.